The van der Waals surface area contributed by atoms with Crippen LogP contribution in [-0.4, -0.2) is 46.8 Å². The lowest BCUT2D eigenvalue weighted by Crippen LogP contribution is -2.39. The van der Waals surface area contributed by atoms with E-state index < -0.39 is 0 Å². The number of aliphatic imine (C=N–C) groups is 1. The number of guanidine groups is 1. The van der Waals surface area contributed by atoms with Crippen LogP contribution >= 0.6 is 35.6 Å². The van der Waals surface area contributed by atoms with Gasteiger partial charge in [0.2, 0.25) is 5.91 Å². The fraction of sp³-hybridized carbons (Fsp3) is 0.444. The van der Waals surface area contributed by atoms with Crippen LogP contribution in [0.25, 0.3) is 0 Å². The molecule has 2 aromatic rings. The maximum Gasteiger partial charge on any atom is 0.224 e. The number of anilines is 1. The maximum atomic E-state index is 11.9. The lowest BCUT2D eigenvalue weighted by Gasteiger charge is -2.12. The number of hydrogen-bond acceptors (Lipinski definition) is 4. The molecule has 1 heterocycles. The number of aromatic nitrogens is 3. The molecule has 0 saturated heterocycles. The first kappa shape index (κ1) is 24.2. The Bertz CT molecular complexity index is 749. The molecule has 0 spiro atoms. The number of hydrogen-bond donors (Lipinski definition) is 3. The van der Waals surface area contributed by atoms with E-state index in [1.54, 1.807) is 37.6 Å². The minimum absolute atomic E-state index is 0. The number of aryl methyl sites for hydroxylation is 1. The average molecular weight is 520 g/mol. The van der Waals surface area contributed by atoms with E-state index in [1.807, 2.05) is 4.57 Å². The topological polar surface area (TPSA) is 96.2 Å². The predicted molar refractivity (Wildman–Crippen MR) is 123 cm³/mol. The quantitative estimate of drug-likeness (QED) is 0.205. The highest BCUT2D eigenvalue weighted by molar-refractivity contribution is 14.0. The molecule has 1 aromatic carbocycles. The third-order valence-corrected chi connectivity index (χ3v) is 4.13. The zero-order chi connectivity index (χ0) is 19.5. The summed E-state index contributed by atoms with van der Waals surface area (Å²) in [6.45, 7) is 4.18. The molecule has 0 aliphatic heterocycles. The van der Waals surface area contributed by atoms with E-state index >= 15 is 0 Å². The summed E-state index contributed by atoms with van der Waals surface area (Å²) in [7, 11) is 1.72. The van der Waals surface area contributed by atoms with Gasteiger partial charge in [-0.1, -0.05) is 18.5 Å². The van der Waals surface area contributed by atoms with Crippen molar-refractivity contribution in [1.82, 2.24) is 25.4 Å². The Balaban J connectivity index is 0.00000392. The molecule has 154 valence electrons. The third-order valence-electron chi connectivity index (χ3n) is 3.88. The molecule has 0 atom stereocenters. The Hall–Kier alpha value is -1.88. The van der Waals surface area contributed by atoms with Gasteiger partial charge in [-0.15, -0.1) is 34.2 Å². The average Bonchev–Trinajstić information content (AvgIpc) is 3.13. The Kier molecular flexibility index (Phi) is 11.5. The summed E-state index contributed by atoms with van der Waals surface area (Å²) in [6, 6.07) is 7.06. The van der Waals surface area contributed by atoms with Crippen molar-refractivity contribution >= 4 is 53.1 Å². The molecule has 0 bridgehead atoms. The van der Waals surface area contributed by atoms with Crippen molar-refractivity contribution < 1.29 is 4.79 Å². The summed E-state index contributed by atoms with van der Waals surface area (Å²) in [4.78, 5) is 16.1. The molecule has 0 fully saturated rings. The number of rotatable bonds is 9. The fourth-order valence-corrected chi connectivity index (χ4v) is 2.59. The van der Waals surface area contributed by atoms with Crippen molar-refractivity contribution in [2.45, 2.75) is 32.7 Å². The fourth-order valence-electron chi connectivity index (χ4n) is 2.47. The highest BCUT2D eigenvalue weighted by Gasteiger charge is 2.04. The summed E-state index contributed by atoms with van der Waals surface area (Å²) in [5.41, 5.74) is 0.746. The van der Waals surface area contributed by atoms with Gasteiger partial charge in [0.05, 0.1) is 0 Å². The molecule has 10 heteroatoms. The van der Waals surface area contributed by atoms with E-state index in [9.17, 15) is 4.79 Å². The SMILES string of the molecule is CCc1nncn1CCNC(=NC)NCCCC(=O)Nc1ccc(Cl)cc1.I. The van der Waals surface area contributed by atoms with Crippen LogP contribution in [0, 0.1) is 0 Å². The first-order chi connectivity index (χ1) is 13.1. The molecule has 1 amide bonds. The van der Waals surface area contributed by atoms with Gasteiger partial charge in [0.25, 0.3) is 0 Å². The molecule has 0 saturated carbocycles. The van der Waals surface area contributed by atoms with Gasteiger partial charge < -0.3 is 20.5 Å². The van der Waals surface area contributed by atoms with Crippen LogP contribution < -0.4 is 16.0 Å². The highest BCUT2D eigenvalue weighted by atomic mass is 127. The standard InChI is InChI=1S/C18H26ClN7O.HI/c1-3-16-25-23-13-26(16)12-11-22-18(20-2)21-10-4-5-17(27)24-15-8-6-14(19)7-9-15;/h6-9,13H,3-5,10-12H2,1-2H3,(H,24,27)(H2,20,21,22);1H. The van der Waals surface area contributed by atoms with Crippen molar-refractivity contribution in [3.63, 3.8) is 0 Å². The second-order valence-corrected chi connectivity index (χ2v) is 6.31. The molecular weight excluding hydrogens is 493 g/mol. The maximum absolute atomic E-state index is 11.9. The van der Waals surface area contributed by atoms with Crippen LogP contribution in [0.3, 0.4) is 0 Å². The number of halogens is 2. The molecule has 0 radical (unpaired) electrons. The summed E-state index contributed by atoms with van der Waals surface area (Å²) >= 11 is 5.83. The lowest BCUT2D eigenvalue weighted by atomic mass is 10.2. The molecule has 1 aromatic heterocycles. The highest BCUT2D eigenvalue weighted by Crippen LogP contribution is 2.13. The Morgan fingerprint density at radius 3 is 2.61 bits per heavy atom. The molecule has 0 unspecified atom stereocenters. The van der Waals surface area contributed by atoms with Crippen molar-refractivity contribution in [3.05, 3.63) is 41.4 Å². The van der Waals surface area contributed by atoms with E-state index in [0.717, 1.165) is 24.5 Å². The third kappa shape index (κ3) is 8.42. The van der Waals surface area contributed by atoms with E-state index in [0.29, 0.717) is 36.9 Å². The molecule has 3 N–H and O–H groups in total. The van der Waals surface area contributed by atoms with Crippen LogP contribution in [-0.2, 0) is 17.8 Å². The minimum atomic E-state index is -0.0261. The number of carbonyl (C=O) groups is 1. The van der Waals surface area contributed by atoms with Gasteiger partial charge in [-0.2, -0.15) is 0 Å². The van der Waals surface area contributed by atoms with Gasteiger partial charge in [0.15, 0.2) is 5.96 Å². The summed E-state index contributed by atoms with van der Waals surface area (Å²) < 4.78 is 2.02. The molecule has 0 aliphatic carbocycles. The van der Waals surface area contributed by atoms with Gasteiger partial charge in [-0.05, 0) is 30.7 Å². The van der Waals surface area contributed by atoms with Crippen LogP contribution in [0.5, 0.6) is 0 Å². The number of amides is 1. The summed E-state index contributed by atoms with van der Waals surface area (Å²) in [6.07, 6.45) is 3.71. The number of carbonyl (C=O) groups excluding carboxylic acids is 1. The van der Waals surface area contributed by atoms with Gasteiger partial charge in [-0.3, -0.25) is 9.79 Å². The zero-order valence-electron chi connectivity index (χ0n) is 16.1. The van der Waals surface area contributed by atoms with E-state index in [4.69, 9.17) is 11.6 Å². The smallest absolute Gasteiger partial charge is 0.224 e. The molecular formula is C18H27ClIN7O. The molecule has 0 aliphatic rings. The van der Waals surface area contributed by atoms with Crippen LogP contribution in [0.2, 0.25) is 5.02 Å². The molecule has 28 heavy (non-hydrogen) atoms. The number of nitrogens with zero attached hydrogens (tertiary/aromatic N) is 4. The Labute approximate surface area is 187 Å². The van der Waals surface area contributed by atoms with E-state index in [2.05, 4.69) is 38.1 Å². The number of benzene rings is 1. The molecule has 2 rings (SSSR count). The van der Waals surface area contributed by atoms with Crippen molar-refractivity contribution in [2.75, 3.05) is 25.5 Å². The predicted octanol–water partition coefficient (Wildman–Crippen LogP) is 2.70. The van der Waals surface area contributed by atoms with Gasteiger partial charge in [-0.25, -0.2) is 0 Å². The minimum Gasteiger partial charge on any atom is -0.356 e. The molecule has 8 nitrogen and oxygen atoms in total. The van der Waals surface area contributed by atoms with Gasteiger partial charge >= 0.3 is 0 Å². The van der Waals surface area contributed by atoms with E-state index in [1.165, 1.54) is 0 Å². The van der Waals surface area contributed by atoms with Gasteiger partial charge in [0.1, 0.15) is 12.2 Å². The first-order valence-electron chi connectivity index (χ1n) is 8.99. The summed E-state index contributed by atoms with van der Waals surface area (Å²) in [5, 5.41) is 17.9. The summed E-state index contributed by atoms with van der Waals surface area (Å²) in [5.74, 6) is 1.65. The van der Waals surface area contributed by atoms with Crippen molar-refractivity contribution in [2.24, 2.45) is 4.99 Å². The largest absolute Gasteiger partial charge is 0.356 e. The second-order valence-electron chi connectivity index (χ2n) is 5.88. The van der Waals surface area contributed by atoms with Crippen molar-refractivity contribution in [3.8, 4) is 0 Å². The number of nitrogens with one attached hydrogen (secondary N) is 3. The van der Waals surface area contributed by atoms with Crippen LogP contribution in [0.15, 0.2) is 35.6 Å². The Morgan fingerprint density at radius 1 is 1.21 bits per heavy atom. The monoisotopic (exact) mass is 519 g/mol. The van der Waals surface area contributed by atoms with Crippen molar-refractivity contribution in [1.29, 1.82) is 0 Å². The lowest BCUT2D eigenvalue weighted by molar-refractivity contribution is -0.116. The second kappa shape index (κ2) is 13.3. The normalized spacial score (nSPS) is 10.9. The van der Waals surface area contributed by atoms with E-state index in [-0.39, 0.29) is 29.9 Å². The van der Waals surface area contributed by atoms with Crippen LogP contribution in [0.4, 0.5) is 5.69 Å². The first-order valence-corrected chi connectivity index (χ1v) is 9.36. The zero-order valence-corrected chi connectivity index (χ0v) is 19.2. The van der Waals surface area contributed by atoms with Crippen LogP contribution in [0.1, 0.15) is 25.6 Å². The Morgan fingerprint density at radius 2 is 1.93 bits per heavy atom. The van der Waals surface area contributed by atoms with Gasteiger partial charge in [0, 0.05) is 50.2 Å².